The fourth-order valence-electron chi connectivity index (χ4n) is 3.86. The summed E-state index contributed by atoms with van der Waals surface area (Å²) in [4.78, 5) is 24.2. The molecule has 12 heteroatoms. The van der Waals surface area contributed by atoms with Crippen LogP contribution in [0.25, 0.3) is 10.9 Å². The molecule has 4 aromatic rings. The number of rotatable bonds is 4. The van der Waals surface area contributed by atoms with Crippen LogP contribution in [0.2, 0.25) is 5.02 Å². The van der Waals surface area contributed by atoms with Gasteiger partial charge in [-0.2, -0.15) is 18.3 Å². The van der Waals surface area contributed by atoms with E-state index in [0.717, 1.165) is 24.6 Å². The Labute approximate surface area is 217 Å². The third kappa shape index (κ3) is 5.62. The molecule has 1 amide bonds. The Morgan fingerprint density at radius 2 is 1.71 bits per heavy atom. The van der Waals surface area contributed by atoms with Gasteiger partial charge in [-0.15, -0.1) is 0 Å². The average Bonchev–Trinajstić information content (AvgIpc) is 3.22. The van der Waals surface area contributed by atoms with Gasteiger partial charge in [0, 0.05) is 29.2 Å². The van der Waals surface area contributed by atoms with E-state index in [1.54, 1.807) is 4.90 Å². The van der Waals surface area contributed by atoms with Crippen LogP contribution in [0.4, 0.5) is 22.0 Å². The lowest BCUT2D eigenvalue weighted by Gasteiger charge is -2.30. The zero-order valence-electron chi connectivity index (χ0n) is 19.5. The quantitative estimate of drug-likeness (QED) is 0.304. The van der Waals surface area contributed by atoms with Gasteiger partial charge in [-0.1, -0.05) is 29.8 Å². The van der Waals surface area contributed by atoms with Crippen LogP contribution < -0.4 is 0 Å². The number of benzene rings is 3. The molecule has 5 rings (SSSR count). The number of amides is 1. The number of carboxylic acid groups (broad SMARTS) is 1. The maximum Gasteiger partial charge on any atom is 0.416 e. The summed E-state index contributed by atoms with van der Waals surface area (Å²) in [6, 6.07) is 11.4. The molecule has 0 radical (unpaired) electrons. The number of likely N-dealkylation sites (tertiary alicyclic amines) is 1. The minimum Gasteiger partial charge on any atom is -0.478 e. The summed E-state index contributed by atoms with van der Waals surface area (Å²) in [5.41, 5.74) is -0.959. The van der Waals surface area contributed by atoms with Crippen LogP contribution in [0.3, 0.4) is 0 Å². The van der Waals surface area contributed by atoms with E-state index in [9.17, 15) is 31.5 Å². The number of nitrogens with zero attached hydrogens (tertiary/aromatic N) is 3. The van der Waals surface area contributed by atoms with Crippen molar-refractivity contribution in [3.05, 3.63) is 99.7 Å². The van der Waals surface area contributed by atoms with Gasteiger partial charge < -0.3 is 10.0 Å². The van der Waals surface area contributed by atoms with Crippen molar-refractivity contribution in [2.45, 2.75) is 19.1 Å². The van der Waals surface area contributed by atoms with E-state index in [2.05, 4.69) is 5.10 Å². The van der Waals surface area contributed by atoms with Gasteiger partial charge in [0.2, 0.25) is 0 Å². The summed E-state index contributed by atoms with van der Waals surface area (Å²) in [5.74, 6) is -2.90. The van der Waals surface area contributed by atoms with Gasteiger partial charge in [-0.05, 0) is 42.8 Å². The monoisotopic (exact) mass is 551 g/mol. The van der Waals surface area contributed by atoms with Crippen LogP contribution in [0.15, 0.2) is 60.8 Å². The van der Waals surface area contributed by atoms with Crippen LogP contribution in [-0.4, -0.2) is 44.8 Å². The van der Waals surface area contributed by atoms with Crippen molar-refractivity contribution < 1.29 is 36.6 Å². The Balaban J connectivity index is 0.000000283. The molecular weight excluding hydrogens is 533 g/mol. The zero-order valence-corrected chi connectivity index (χ0v) is 20.2. The maximum atomic E-state index is 14.5. The lowest BCUT2D eigenvalue weighted by molar-refractivity contribution is -0.138. The fourth-order valence-corrected chi connectivity index (χ4v) is 4.09. The molecule has 198 valence electrons. The molecule has 0 unspecified atom stereocenters. The first-order valence-corrected chi connectivity index (χ1v) is 11.6. The van der Waals surface area contributed by atoms with E-state index < -0.39 is 29.3 Å². The Kier molecular flexibility index (Phi) is 7.68. The molecule has 0 bridgehead atoms. The summed E-state index contributed by atoms with van der Waals surface area (Å²) >= 11 is 6.01. The Morgan fingerprint density at radius 1 is 1.00 bits per heavy atom. The van der Waals surface area contributed by atoms with Crippen molar-refractivity contribution in [3.63, 3.8) is 0 Å². The molecule has 1 fully saturated rings. The van der Waals surface area contributed by atoms with Gasteiger partial charge in [-0.25, -0.2) is 13.6 Å². The molecule has 0 spiro atoms. The molecule has 3 aromatic carbocycles. The van der Waals surface area contributed by atoms with Crippen LogP contribution in [0.1, 0.15) is 38.3 Å². The number of hydrogen-bond acceptors (Lipinski definition) is 3. The maximum absolute atomic E-state index is 14.5. The first kappa shape index (κ1) is 27.1. The Hall–Kier alpha value is -3.99. The van der Waals surface area contributed by atoms with E-state index >= 15 is 0 Å². The topological polar surface area (TPSA) is 75.4 Å². The van der Waals surface area contributed by atoms with Crippen molar-refractivity contribution in [2.24, 2.45) is 0 Å². The third-order valence-corrected chi connectivity index (χ3v) is 6.29. The third-order valence-electron chi connectivity index (χ3n) is 5.94. The highest BCUT2D eigenvalue weighted by atomic mass is 35.5. The summed E-state index contributed by atoms with van der Waals surface area (Å²) < 4.78 is 68.2. The molecule has 0 atom stereocenters. The minimum atomic E-state index is -4.59. The number of carbonyl (C=O) groups is 2. The van der Waals surface area contributed by atoms with Gasteiger partial charge in [0.25, 0.3) is 5.91 Å². The SMILES string of the molecule is O=C(O)c1ccccc1F.O=C(c1cc(F)c2cnn(Cc3c(Cl)cccc3C(F)(F)F)c2c1)N1CCC1. The van der Waals surface area contributed by atoms with Gasteiger partial charge in [0.1, 0.15) is 11.6 Å². The van der Waals surface area contributed by atoms with Crippen molar-refractivity contribution in [2.75, 3.05) is 13.1 Å². The van der Waals surface area contributed by atoms with Crippen molar-refractivity contribution in [3.8, 4) is 0 Å². The van der Waals surface area contributed by atoms with E-state index in [0.29, 0.717) is 13.1 Å². The van der Waals surface area contributed by atoms with Gasteiger partial charge in [0.15, 0.2) is 0 Å². The van der Waals surface area contributed by atoms with Gasteiger partial charge in [0.05, 0.1) is 34.8 Å². The Morgan fingerprint density at radius 3 is 2.29 bits per heavy atom. The lowest BCUT2D eigenvalue weighted by Crippen LogP contribution is -2.42. The van der Waals surface area contributed by atoms with Crippen molar-refractivity contribution >= 4 is 34.4 Å². The minimum absolute atomic E-state index is 0.0632. The molecule has 1 aliphatic heterocycles. The number of aromatic nitrogens is 2. The van der Waals surface area contributed by atoms with Crippen molar-refractivity contribution in [1.29, 1.82) is 0 Å². The summed E-state index contributed by atoms with van der Waals surface area (Å²) in [7, 11) is 0. The fraction of sp³-hybridized carbons (Fsp3) is 0.192. The number of aromatic carboxylic acids is 1. The van der Waals surface area contributed by atoms with Crippen LogP contribution in [-0.2, 0) is 12.7 Å². The molecule has 2 heterocycles. The van der Waals surface area contributed by atoms with E-state index in [1.807, 2.05) is 0 Å². The second kappa shape index (κ2) is 10.8. The first-order valence-electron chi connectivity index (χ1n) is 11.2. The number of alkyl halides is 3. The highest BCUT2D eigenvalue weighted by molar-refractivity contribution is 6.31. The highest BCUT2D eigenvalue weighted by Crippen LogP contribution is 2.36. The number of hydrogen-bond donors (Lipinski definition) is 1. The smallest absolute Gasteiger partial charge is 0.416 e. The molecule has 0 saturated carbocycles. The predicted molar refractivity (Wildman–Crippen MR) is 129 cm³/mol. The van der Waals surface area contributed by atoms with Crippen LogP contribution in [0, 0.1) is 11.6 Å². The van der Waals surface area contributed by atoms with E-state index in [-0.39, 0.29) is 45.1 Å². The first-order chi connectivity index (χ1) is 18.0. The second-order valence-electron chi connectivity index (χ2n) is 8.39. The average molecular weight is 552 g/mol. The van der Waals surface area contributed by atoms with Crippen LogP contribution in [0.5, 0.6) is 0 Å². The summed E-state index contributed by atoms with van der Waals surface area (Å²) in [6.07, 6.45) is -2.47. The lowest BCUT2D eigenvalue weighted by atomic mass is 10.1. The molecule has 0 aliphatic carbocycles. The molecule has 1 aromatic heterocycles. The largest absolute Gasteiger partial charge is 0.478 e. The van der Waals surface area contributed by atoms with E-state index in [1.165, 1.54) is 47.3 Å². The molecule has 6 nitrogen and oxygen atoms in total. The molecule has 1 aliphatic rings. The highest BCUT2D eigenvalue weighted by Gasteiger charge is 2.34. The normalized spacial score (nSPS) is 13.1. The Bertz CT molecular complexity index is 1520. The number of fused-ring (bicyclic) bond motifs is 1. The molecular formula is C26H19ClF5N3O3. The standard InChI is InChI=1S/C19H14ClF4N3O.C7H5FO2/c20-15-4-1-3-14(19(22,23)24)13(15)10-27-17-8-11(18(28)26-5-2-6-26)7-16(21)12(17)9-25-27;8-6-4-2-1-3-5(6)7(9)10/h1,3-4,7-9H,2,5-6,10H2;1-4H,(H,9,10). The number of carboxylic acids is 1. The predicted octanol–water partition coefficient (Wildman–Crippen LogP) is 6.27. The number of halogens is 6. The number of carbonyl (C=O) groups excluding carboxylic acids is 1. The zero-order chi connectivity index (χ0) is 27.6. The molecule has 1 saturated heterocycles. The van der Waals surface area contributed by atoms with Gasteiger partial charge in [-0.3, -0.25) is 9.48 Å². The molecule has 1 N–H and O–H groups in total. The van der Waals surface area contributed by atoms with Gasteiger partial charge >= 0.3 is 12.1 Å². The summed E-state index contributed by atoms with van der Waals surface area (Å²) in [6.45, 7) is 0.900. The molecule has 38 heavy (non-hydrogen) atoms. The second-order valence-corrected chi connectivity index (χ2v) is 8.79. The van der Waals surface area contributed by atoms with E-state index in [4.69, 9.17) is 16.7 Å². The summed E-state index contributed by atoms with van der Waals surface area (Å²) in [5, 5.41) is 12.4. The van der Waals surface area contributed by atoms with Crippen molar-refractivity contribution in [1.82, 2.24) is 14.7 Å². The van der Waals surface area contributed by atoms with Crippen LogP contribution >= 0.6 is 11.6 Å².